The predicted octanol–water partition coefficient (Wildman–Crippen LogP) is 3.48. The molecule has 1 heterocycles. The summed E-state index contributed by atoms with van der Waals surface area (Å²) in [7, 11) is 6.87. The van der Waals surface area contributed by atoms with E-state index in [1.165, 1.54) is 0 Å². The fourth-order valence-corrected chi connectivity index (χ4v) is 3.68. The molecular formula is C23H28N2O4. The topological polar surface area (TPSA) is 61.7 Å². The SMILES string of the molecule is COCCNC(=O)CC(c1ccc(OC)c(OC)c1)c1cn(C)c2ccccc12. The highest BCUT2D eigenvalue weighted by Gasteiger charge is 2.23. The highest BCUT2D eigenvalue weighted by Crippen LogP contribution is 2.38. The van der Waals surface area contributed by atoms with Crippen LogP contribution in [-0.2, 0) is 16.6 Å². The average molecular weight is 396 g/mol. The number of nitrogens with zero attached hydrogens (tertiary/aromatic N) is 1. The molecule has 29 heavy (non-hydrogen) atoms. The Morgan fingerprint density at radius 2 is 1.83 bits per heavy atom. The molecule has 0 fully saturated rings. The first-order chi connectivity index (χ1) is 14.1. The van der Waals surface area contributed by atoms with Crippen LogP contribution >= 0.6 is 0 Å². The summed E-state index contributed by atoms with van der Waals surface area (Å²) in [4.78, 5) is 12.7. The second-order valence-electron chi connectivity index (χ2n) is 6.93. The first kappa shape index (κ1) is 20.7. The van der Waals surface area contributed by atoms with Gasteiger partial charge in [-0.25, -0.2) is 0 Å². The molecular weight excluding hydrogens is 368 g/mol. The van der Waals surface area contributed by atoms with E-state index in [-0.39, 0.29) is 11.8 Å². The van der Waals surface area contributed by atoms with Gasteiger partial charge in [-0.3, -0.25) is 4.79 Å². The van der Waals surface area contributed by atoms with Crippen molar-refractivity contribution in [2.45, 2.75) is 12.3 Å². The van der Waals surface area contributed by atoms with Crippen LogP contribution in [0, 0.1) is 0 Å². The number of carbonyl (C=O) groups is 1. The largest absolute Gasteiger partial charge is 0.493 e. The maximum Gasteiger partial charge on any atom is 0.221 e. The van der Waals surface area contributed by atoms with Gasteiger partial charge in [0.2, 0.25) is 5.91 Å². The molecule has 0 saturated heterocycles. The third-order valence-electron chi connectivity index (χ3n) is 5.13. The van der Waals surface area contributed by atoms with Crippen LogP contribution < -0.4 is 14.8 Å². The summed E-state index contributed by atoms with van der Waals surface area (Å²) < 4.78 is 18.0. The average Bonchev–Trinajstić information content (AvgIpc) is 3.08. The summed E-state index contributed by atoms with van der Waals surface area (Å²) in [5.74, 6) is 1.17. The lowest BCUT2D eigenvalue weighted by Gasteiger charge is -2.19. The molecule has 1 N–H and O–H groups in total. The maximum atomic E-state index is 12.7. The lowest BCUT2D eigenvalue weighted by molar-refractivity contribution is -0.121. The zero-order chi connectivity index (χ0) is 20.8. The molecule has 3 aromatic rings. The Hall–Kier alpha value is -2.99. The lowest BCUT2D eigenvalue weighted by Crippen LogP contribution is -2.28. The molecule has 3 rings (SSSR count). The zero-order valence-electron chi connectivity index (χ0n) is 17.4. The summed E-state index contributed by atoms with van der Waals surface area (Å²) in [5, 5.41) is 4.07. The molecule has 2 aromatic carbocycles. The van der Waals surface area contributed by atoms with E-state index in [9.17, 15) is 4.79 Å². The van der Waals surface area contributed by atoms with Gasteiger partial charge in [-0.05, 0) is 29.3 Å². The smallest absolute Gasteiger partial charge is 0.221 e. The maximum absolute atomic E-state index is 12.7. The molecule has 154 valence electrons. The predicted molar refractivity (Wildman–Crippen MR) is 114 cm³/mol. The number of fused-ring (bicyclic) bond motifs is 1. The zero-order valence-corrected chi connectivity index (χ0v) is 17.4. The van der Waals surface area contributed by atoms with Crippen LogP contribution in [0.5, 0.6) is 11.5 Å². The first-order valence-corrected chi connectivity index (χ1v) is 9.60. The van der Waals surface area contributed by atoms with Crippen molar-refractivity contribution in [3.8, 4) is 11.5 Å². The van der Waals surface area contributed by atoms with Crippen molar-refractivity contribution in [3.05, 3.63) is 59.8 Å². The van der Waals surface area contributed by atoms with Crippen LogP contribution in [0.15, 0.2) is 48.7 Å². The van der Waals surface area contributed by atoms with Crippen molar-refractivity contribution < 1.29 is 19.0 Å². The van der Waals surface area contributed by atoms with Gasteiger partial charge in [-0.15, -0.1) is 0 Å². The number of carbonyl (C=O) groups excluding carboxylic acids is 1. The van der Waals surface area contributed by atoms with Gasteiger partial charge in [-0.2, -0.15) is 0 Å². The highest BCUT2D eigenvalue weighted by atomic mass is 16.5. The minimum Gasteiger partial charge on any atom is -0.493 e. The summed E-state index contributed by atoms with van der Waals surface area (Å²) in [6.45, 7) is 0.977. The van der Waals surface area contributed by atoms with E-state index in [2.05, 4.69) is 28.2 Å². The Morgan fingerprint density at radius 3 is 2.55 bits per heavy atom. The third-order valence-corrected chi connectivity index (χ3v) is 5.13. The summed E-state index contributed by atoms with van der Waals surface area (Å²) in [5.41, 5.74) is 3.24. The van der Waals surface area contributed by atoms with Gasteiger partial charge in [0.25, 0.3) is 0 Å². The van der Waals surface area contributed by atoms with Crippen LogP contribution in [0.1, 0.15) is 23.5 Å². The van der Waals surface area contributed by atoms with Crippen molar-refractivity contribution in [2.24, 2.45) is 7.05 Å². The van der Waals surface area contributed by atoms with E-state index >= 15 is 0 Å². The van der Waals surface area contributed by atoms with Crippen molar-refractivity contribution in [2.75, 3.05) is 34.5 Å². The van der Waals surface area contributed by atoms with Gasteiger partial charge in [0.05, 0.1) is 20.8 Å². The molecule has 1 amide bonds. The molecule has 6 heteroatoms. The minimum absolute atomic E-state index is 0.0187. The number of hydrogen-bond acceptors (Lipinski definition) is 4. The van der Waals surface area contributed by atoms with Crippen molar-refractivity contribution in [1.29, 1.82) is 0 Å². The number of para-hydroxylation sites is 1. The third kappa shape index (κ3) is 4.54. The molecule has 1 atom stereocenters. The van der Waals surface area contributed by atoms with Crippen LogP contribution in [0.3, 0.4) is 0 Å². The van der Waals surface area contributed by atoms with Crippen LogP contribution in [0.4, 0.5) is 0 Å². The van der Waals surface area contributed by atoms with E-state index in [0.717, 1.165) is 22.0 Å². The number of nitrogens with one attached hydrogen (secondary N) is 1. The second kappa shape index (κ2) is 9.47. The number of methoxy groups -OCH3 is 3. The van der Waals surface area contributed by atoms with E-state index < -0.39 is 0 Å². The molecule has 0 aliphatic heterocycles. The molecule has 6 nitrogen and oxygen atoms in total. The number of hydrogen-bond donors (Lipinski definition) is 1. The Balaban J connectivity index is 2.03. The van der Waals surface area contributed by atoms with Gasteiger partial charge in [0.1, 0.15) is 0 Å². The Kier molecular flexibility index (Phi) is 6.77. The van der Waals surface area contributed by atoms with Crippen molar-refractivity contribution >= 4 is 16.8 Å². The number of aromatic nitrogens is 1. The fourth-order valence-electron chi connectivity index (χ4n) is 3.68. The number of aryl methyl sites for hydroxylation is 1. The molecule has 0 saturated carbocycles. The van der Waals surface area contributed by atoms with E-state index in [0.29, 0.717) is 31.1 Å². The summed E-state index contributed by atoms with van der Waals surface area (Å²) in [6.07, 6.45) is 2.43. The van der Waals surface area contributed by atoms with Gasteiger partial charge in [0, 0.05) is 50.1 Å². The Labute approximate surface area is 171 Å². The van der Waals surface area contributed by atoms with Gasteiger partial charge >= 0.3 is 0 Å². The molecule has 0 aliphatic rings. The molecule has 0 radical (unpaired) electrons. The first-order valence-electron chi connectivity index (χ1n) is 9.60. The lowest BCUT2D eigenvalue weighted by atomic mass is 9.87. The molecule has 0 aliphatic carbocycles. The Morgan fingerprint density at radius 1 is 1.07 bits per heavy atom. The summed E-state index contributed by atoms with van der Waals surface area (Å²) in [6, 6.07) is 14.1. The van der Waals surface area contributed by atoms with Gasteiger partial charge < -0.3 is 24.1 Å². The highest BCUT2D eigenvalue weighted by molar-refractivity contribution is 5.86. The monoisotopic (exact) mass is 396 g/mol. The summed E-state index contributed by atoms with van der Waals surface area (Å²) >= 11 is 0. The molecule has 0 spiro atoms. The van der Waals surface area contributed by atoms with Crippen LogP contribution in [0.25, 0.3) is 10.9 Å². The minimum atomic E-state index is -0.122. The fraction of sp³-hybridized carbons (Fsp3) is 0.348. The quantitative estimate of drug-likeness (QED) is 0.563. The van der Waals surface area contributed by atoms with Crippen molar-refractivity contribution in [3.63, 3.8) is 0 Å². The second-order valence-corrected chi connectivity index (χ2v) is 6.93. The standard InChI is InChI=1S/C23H28N2O4/c1-25-15-19(17-7-5-6-8-20(17)25)18(14-23(26)24-11-12-27-2)16-9-10-21(28-3)22(13-16)29-4/h5-10,13,15,18H,11-12,14H2,1-4H3,(H,24,26). The van der Waals surface area contributed by atoms with E-state index in [1.807, 2.05) is 37.4 Å². The normalized spacial score (nSPS) is 12.0. The Bertz CT molecular complexity index is 980. The van der Waals surface area contributed by atoms with Gasteiger partial charge in [0.15, 0.2) is 11.5 Å². The van der Waals surface area contributed by atoms with Crippen LogP contribution in [-0.4, -0.2) is 45.0 Å². The van der Waals surface area contributed by atoms with Gasteiger partial charge in [-0.1, -0.05) is 24.3 Å². The number of amides is 1. The number of rotatable bonds is 9. The molecule has 0 bridgehead atoms. The van der Waals surface area contributed by atoms with Crippen molar-refractivity contribution in [1.82, 2.24) is 9.88 Å². The number of ether oxygens (including phenoxy) is 3. The number of benzene rings is 2. The van der Waals surface area contributed by atoms with Crippen LogP contribution in [0.2, 0.25) is 0 Å². The molecule has 1 aromatic heterocycles. The van der Waals surface area contributed by atoms with E-state index in [1.54, 1.807) is 21.3 Å². The molecule has 1 unspecified atom stereocenters. The van der Waals surface area contributed by atoms with E-state index in [4.69, 9.17) is 14.2 Å².